The molecule has 0 atom stereocenters. The Bertz CT molecular complexity index is 1570. The minimum Gasteiger partial charge on any atom is -0.409 e. The van der Waals surface area contributed by atoms with Gasteiger partial charge in [0.2, 0.25) is 0 Å². The van der Waals surface area contributed by atoms with Crippen LogP contribution in [0.1, 0.15) is 16.7 Å². The number of benzene rings is 4. The Balaban J connectivity index is 1.70. The number of aromatic nitrogens is 2. The second-order valence-corrected chi connectivity index (χ2v) is 9.04. The molecule has 1 amide bonds. The van der Waals surface area contributed by atoms with Crippen LogP contribution in [-0.4, -0.2) is 16.1 Å². The molecule has 1 aromatic heterocycles. The van der Waals surface area contributed by atoms with E-state index in [0.717, 1.165) is 33.5 Å². The van der Waals surface area contributed by atoms with Crippen LogP contribution in [0, 0.1) is 13.8 Å². The largest absolute Gasteiger partial charge is 0.425 e. The van der Waals surface area contributed by atoms with Crippen LogP contribution in [0.15, 0.2) is 110 Å². The van der Waals surface area contributed by atoms with E-state index >= 15 is 0 Å². The summed E-state index contributed by atoms with van der Waals surface area (Å²) in [5, 5.41) is 3.58. The highest BCUT2D eigenvalue weighted by atomic mass is 16.6. The second kappa shape index (κ2) is 11.6. The van der Waals surface area contributed by atoms with Gasteiger partial charge in [-0.15, -0.1) is 0 Å². The first-order valence-electron chi connectivity index (χ1n) is 12.6. The van der Waals surface area contributed by atoms with Gasteiger partial charge in [-0.2, -0.15) is 0 Å². The number of aryl methyl sites for hydroxylation is 2. The lowest BCUT2D eigenvalue weighted by molar-refractivity contribution is 0.209. The summed E-state index contributed by atoms with van der Waals surface area (Å²) in [6.07, 6.45) is 2.41. The molecular formula is C32H29N5O2. The van der Waals surface area contributed by atoms with Crippen molar-refractivity contribution < 1.29 is 9.53 Å². The maximum atomic E-state index is 14.0. The van der Waals surface area contributed by atoms with Crippen LogP contribution in [0.4, 0.5) is 27.7 Å². The summed E-state index contributed by atoms with van der Waals surface area (Å²) in [5.74, 6) is 0.894. The summed E-state index contributed by atoms with van der Waals surface area (Å²) in [6.45, 7) is 4.19. The predicted octanol–water partition coefficient (Wildman–Crippen LogP) is 7.30. The minimum absolute atomic E-state index is 0.357. The van der Waals surface area contributed by atoms with Crippen LogP contribution < -0.4 is 20.7 Å². The average molecular weight is 516 g/mol. The molecule has 0 spiro atoms. The lowest BCUT2D eigenvalue weighted by Crippen LogP contribution is -2.31. The lowest BCUT2D eigenvalue weighted by atomic mass is 10.0. The Morgan fingerprint density at radius 1 is 0.872 bits per heavy atom. The average Bonchev–Trinajstić information content (AvgIpc) is 2.97. The van der Waals surface area contributed by atoms with Crippen molar-refractivity contribution >= 4 is 29.0 Å². The molecule has 7 heteroatoms. The number of nitrogens with two attached hydrogens (primary N) is 1. The van der Waals surface area contributed by atoms with Crippen LogP contribution in [0.5, 0.6) is 5.75 Å². The van der Waals surface area contributed by atoms with Crippen LogP contribution in [-0.2, 0) is 6.54 Å². The monoisotopic (exact) mass is 515 g/mol. The van der Waals surface area contributed by atoms with Crippen LogP contribution in [0.2, 0.25) is 0 Å². The lowest BCUT2D eigenvalue weighted by Gasteiger charge is -2.26. The molecule has 7 nitrogen and oxygen atoms in total. The van der Waals surface area contributed by atoms with E-state index in [-0.39, 0.29) is 0 Å². The van der Waals surface area contributed by atoms with E-state index in [1.165, 1.54) is 11.2 Å². The number of ether oxygens (including phenoxy) is 1. The summed E-state index contributed by atoms with van der Waals surface area (Å²) < 4.78 is 6.02. The van der Waals surface area contributed by atoms with Gasteiger partial charge in [0.25, 0.3) is 0 Å². The fourth-order valence-electron chi connectivity index (χ4n) is 4.50. The number of carbonyl (C=O) groups excluding carboxylic acids is 1. The standard InChI is InChI=1S/C32H29N5O2/c1-22-10-8-11-23(2)31(22)39-32(38)37(29-18-19-34-21-35-29)28-17-9-15-26(24-12-4-3-5-13-24)30(28)36-27-16-7-6-14-25(27)20-33/h3-19,21,36H,20,33H2,1-2H3. The van der Waals surface area contributed by atoms with Crippen molar-refractivity contribution in [1.29, 1.82) is 0 Å². The van der Waals surface area contributed by atoms with E-state index in [0.29, 0.717) is 29.5 Å². The fraction of sp³-hybridized carbons (Fsp3) is 0.0938. The van der Waals surface area contributed by atoms with Gasteiger partial charge in [-0.3, -0.25) is 0 Å². The van der Waals surface area contributed by atoms with E-state index in [2.05, 4.69) is 15.3 Å². The number of para-hydroxylation sites is 3. The third-order valence-corrected chi connectivity index (χ3v) is 6.44. The smallest absolute Gasteiger partial charge is 0.409 e. The van der Waals surface area contributed by atoms with Crippen molar-refractivity contribution in [1.82, 2.24) is 9.97 Å². The van der Waals surface area contributed by atoms with Crippen molar-refractivity contribution in [3.8, 4) is 16.9 Å². The molecule has 4 aromatic carbocycles. The van der Waals surface area contributed by atoms with Gasteiger partial charge in [0.1, 0.15) is 17.9 Å². The zero-order valence-electron chi connectivity index (χ0n) is 21.8. The van der Waals surface area contributed by atoms with Gasteiger partial charge >= 0.3 is 6.09 Å². The van der Waals surface area contributed by atoms with Crippen LogP contribution in [0.25, 0.3) is 11.1 Å². The molecule has 0 saturated heterocycles. The van der Waals surface area contributed by atoms with Crippen molar-refractivity contribution in [3.05, 3.63) is 126 Å². The van der Waals surface area contributed by atoms with Gasteiger partial charge in [-0.1, -0.05) is 78.9 Å². The SMILES string of the molecule is Cc1cccc(C)c1OC(=O)N(c1ccncn1)c1cccc(-c2ccccc2)c1Nc1ccccc1CN. The molecule has 0 unspecified atom stereocenters. The van der Waals surface area contributed by atoms with E-state index < -0.39 is 6.09 Å². The molecule has 39 heavy (non-hydrogen) atoms. The van der Waals surface area contributed by atoms with E-state index in [4.69, 9.17) is 10.5 Å². The summed E-state index contributed by atoms with van der Waals surface area (Å²) in [5.41, 5.74) is 12.7. The highest BCUT2D eigenvalue weighted by molar-refractivity contribution is 6.03. The minimum atomic E-state index is -0.591. The molecule has 5 rings (SSSR count). The quantitative estimate of drug-likeness (QED) is 0.236. The van der Waals surface area contributed by atoms with Crippen LogP contribution in [0.3, 0.4) is 0 Å². The van der Waals surface area contributed by atoms with E-state index in [9.17, 15) is 4.79 Å². The normalized spacial score (nSPS) is 10.6. The highest BCUT2D eigenvalue weighted by Crippen LogP contribution is 2.41. The second-order valence-electron chi connectivity index (χ2n) is 9.04. The first kappa shape index (κ1) is 25.6. The molecule has 194 valence electrons. The summed E-state index contributed by atoms with van der Waals surface area (Å²) in [7, 11) is 0. The molecule has 0 bridgehead atoms. The number of nitrogens with zero attached hydrogens (tertiary/aromatic N) is 3. The third-order valence-electron chi connectivity index (χ3n) is 6.44. The highest BCUT2D eigenvalue weighted by Gasteiger charge is 2.27. The molecule has 5 aromatic rings. The number of anilines is 4. The zero-order chi connectivity index (χ0) is 27.2. The maximum Gasteiger partial charge on any atom is 0.425 e. The van der Waals surface area contributed by atoms with Gasteiger partial charge in [0.15, 0.2) is 0 Å². The summed E-state index contributed by atoms with van der Waals surface area (Å²) in [6, 6.07) is 31.1. The molecule has 3 N–H and O–H groups in total. The maximum absolute atomic E-state index is 14.0. The number of hydrogen-bond acceptors (Lipinski definition) is 6. The number of hydrogen-bond donors (Lipinski definition) is 2. The van der Waals surface area contributed by atoms with Gasteiger partial charge < -0.3 is 15.8 Å². The molecule has 0 aliphatic rings. The Labute approximate surface area is 227 Å². The Morgan fingerprint density at radius 3 is 2.31 bits per heavy atom. The van der Waals surface area contributed by atoms with Crippen molar-refractivity contribution in [2.24, 2.45) is 5.73 Å². The molecule has 0 aliphatic heterocycles. The van der Waals surface area contributed by atoms with E-state index in [1.807, 2.05) is 105 Å². The predicted molar refractivity (Wildman–Crippen MR) is 156 cm³/mol. The zero-order valence-corrected chi connectivity index (χ0v) is 21.8. The summed E-state index contributed by atoms with van der Waals surface area (Å²) in [4.78, 5) is 23.9. The first-order chi connectivity index (χ1) is 19.1. The number of carbonyl (C=O) groups is 1. The molecule has 0 saturated carbocycles. The van der Waals surface area contributed by atoms with Gasteiger partial charge in [0.05, 0.1) is 11.4 Å². The Morgan fingerprint density at radius 2 is 1.59 bits per heavy atom. The number of rotatable bonds is 7. The molecule has 1 heterocycles. The van der Waals surface area contributed by atoms with E-state index in [1.54, 1.807) is 12.3 Å². The fourth-order valence-corrected chi connectivity index (χ4v) is 4.50. The number of amides is 1. The molecule has 0 fully saturated rings. The Kier molecular flexibility index (Phi) is 7.61. The molecule has 0 radical (unpaired) electrons. The van der Waals surface area contributed by atoms with Crippen molar-refractivity contribution in [2.75, 3.05) is 10.2 Å². The van der Waals surface area contributed by atoms with Crippen molar-refractivity contribution in [2.45, 2.75) is 20.4 Å². The summed E-state index contributed by atoms with van der Waals surface area (Å²) >= 11 is 0. The topological polar surface area (TPSA) is 93.4 Å². The van der Waals surface area contributed by atoms with Crippen LogP contribution >= 0.6 is 0 Å². The third kappa shape index (κ3) is 5.49. The number of nitrogens with one attached hydrogen (secondary N) is 1. The van der Waals surface area contributed by atoms with Gasteiger partial charge in [-0.25, -0.2) is 19.7 Å². The van der Waals surface area contributed by atoms with Gasteiger partial charge in [-0.05, 0) is 54.3 Å². The molecular weight excluding hydrogens is 486 g/mol. The first-order valence-corrected chi connectivity index (χ1v) is 12.6. The van der Waals surface area contributed by atoms with Crippen molar-refractivity contribution in [3.63, 3.8) is 0 Å². The van der Waals surface area contributed by atoms with Gasteiger partial charge in [0, 0.05) is 24.0 Å². The Hall–Kier alpha value is -5.01. The molecule has 0 aliphatic carbocycles.